The van der Waals surface area contributed by atoms with Gasteiger partial charge in [0.05, 0.1) is 5.56 Å². The quantitative estimate of drug-likeness (QED) is 0.838. The Morgan fingerprint density at radius 2 is 1.90 bits per heavy atom. The van der Waals surface area contributed by atoms with Crippen LogP contribution in [-0.4, -0.2) is 28.9 Å². The summed E-state index contributed by atoms with van der Waals surface area (Å²) in [5.41, 5.74) is -0.0582. The van der Waals surface area contributed by atoms with E-state index in [0.717, 1.165) is 0 Å². The minimum absolute atomic E-state index is 0.0362. The third kappa shape index (κ3) is 5.75. The maximum absolute atomic E-state index is 11.8. The highest BCUT2D eigenvalue weighted by Gasteiger charge is 2.15. The van der Waals surface area contributed by atoms with Crippen LogP contribution >= 0.6 is 23.2 Å². The highest BCUT2D eigenvalue weighted by atomic mass is 35.5. The lowest BCUT2D eigenvalue weighted by Gasteiger charge is -2.20. The number of carbonyl (C=O) groups excluding carboxylic acids is 2. The molecule has 0 saturated carbocycles. The van der Waals surface area contributed by atoms with Crippen LogP contribution in [0, 0.1) is 0 Å². The van der Waals surface area contributed by atoms with E-state index in [9.17, 15) is 9.59 Å². The Hall–Kier alpha value is -1.33. The normalized spacial score (nSPS) is 11.1. The van der Waals surface area contributed by atoms with Crippen molar-refractivity contribution in [2.75, 3.05) is 6.54 Å². The van der Waals surface area contributed by atoms with Gasteiger partial charge in [0.1, 0.15) is 10.3 Å². The number of aromatic nitrogens is 1. The number of nitrogens with zero attached hydrogens (tertiary/aromatic N) is 1. The highest BCUT2D eigenvalue weighted by Crippen LogP contribution is 2.16. The lowest BCUT2D eigenvalue weighted by molar-refractivity contribution is -0.122. The highest BCUT2D eigenvalue weighted by molar-refractivity contribution is 6.34. The SMILES string of the molecule is CC(C)(C)NC(=O)CCNC(=O)c1ccc(Cl)nc1Cl. The molecule has 20 heavy (non-hydrogen) atoms. The van der Waals surface area contributed by atoms with E-state index in [1.54, 1.807) is 0 Å². The molecule has 1 aromatic heterocycles. The average Bonchev–Trinajstić information content (AvgIpc) is 2.25. The molecule has 0 aliphatic heterocycles. The van der Waals surface area contributed by atoms with Crippen molar-refractivity contribution in [1.29, 1.82) is 0 Å². The molecule has 0 saturated heterocycles. The monoisotopic (exact) mass is 317 g/mol. The molecule has 1 aromatic rings. The van der Waals surface area contributed by atoms with Crippen LogP contribution in [0.25, 0.3) is 0 Å². The van der Waals surface area contributed by atoms with Gasteiger partial charge in [-0.05, 0) is 32.9 Å². The maximum Gasteiger partial charge on any atom is 0.254 e. The van der Waals surface area contributed by atoms with Gasteiger partial charge in [-0.15, -0.1) is 0 Å². The molecule has 0 fully saturated rings. The van der Waals surface area contributed by atoms with Crippen LogP contribution in [0.3, 0.4) is 0 Å². The van der Waals surface area contributed by atoms with E-state index in [0.29, 0.717) is 0 Å². The molecule has 5 nitrogen and oxygen atoms in total. The second kappa shape index (κ2) is 6.90. The van der Waals surface area contributed by atoms with Gasteiger partial charge >= 0.3 is 0 Å². The fourth-order valence-corrected chi connectivity index (χ4v) is 1.88. The van der Waals surface area contributed by atoms with Gasteiger partial charge in [-0.3, -0.25) is 9.59 Å². The molecule has 0 aliphatic rings. The lowest BCUT2D eigenvalue weighted by Crippen LogP contribution is -2.42. The number of hydrogen-bond donors (Lipinski definition) is 2. The fraction of sp³-hybridized carbons (Fsp3) is 0.462. The molecular weight excluding hydrogens is 301 g/mol. The summed E-state index contributed by atoms with van der Waals surface area (Å²) in [5.74, 6) is -0.513. The van der Waals surface area contributed by atoms with Gasteiger partial charge in [0.15, 0.2) is 0 Å². The standard InChI is InChI=1S/C13H17Cl2N3O2/c1-13(2,3)18-10(19)6-7-16-12(20)8-4-5-9(14)17-11(8)15/h4-5H,6-7H2,1-3H3,(H,16,20)(H,18,19). The molecule has 0 aromatic carbocycles. The summed E-state index contributed by atoms with van der Waals surface area (Å²) >= 11 is 11.5. The third-order valence-electron chi connectivity index (χ3n) is 2.21. The summed E-state index contributed by atoms with van der Waals surface area (Å²) in [6.45, 7) is 5.90. The first-order valence-corrected chi connectivity index (χ1v) is 6.86. The van der Waals surface area contributed by atoms with Gasteiger partial charge in [-0.1, -0.05) is 23.2 Å². The largest absolute Gasteiger partial charge is 0.351 e. The first kappa shape index (κ1) is 16.7. The van der Waals surface area contributed by atoms with Crippen LogP contribution in [-0.2, 0) is 4.79 Å². The molecular formula is C13H17Cl2N3O2. The summed E-state index contributed by atoms with van der Waals surface area (Å²) in [7, 11) is 0. The van der Waals surface area contributed by atoms with E-state index in [-0.39, 0.29) is 46.2 Å². The first-order chi connectivity index (χ1) is 9.19. The molecule has 0 atom stereocenters. The van der Waals surface area contributed by atoms with E-state index in [2.05, 4.69) is 15.6 Å². The van der Waals surface area contributed by atoms with Crippen LogP contribution in [0.15, 0.2) is 12.1 Å². The van der Waals surface area contributed by atoms with E-state index in [4.69, 9.17) is 23.2 Å². The van der Waals surface area contributed by atoms with Crippen molar-refractivity contribution in [2.45, 2.75) is 32.7 Å². The number of pyridine rings is 1. The Morgan fingerprint density at radius 3 is 2.45 bits per heavy atom. The number of halogens is 2. The van der Waals surface area contributed by atoms with E-state index in [1.165, 1.54) is 12.1 Å². The van der Waals surface area contributed by atoms with Crippen molar-refractivity contribution >= 4 is 35.0 Å². The third-order valence-corrected chi connectivity index (χ3v) is 2.71. The molecule has 0 unspecified atom stereocenters. The summed E-state index contributed by atoms with van der Waals surface area (Å²) < 4.78 is 0. The average molecular weight is 318 g/mol. The van der Waals surface area contributed by atoms with Gasteiger partial charge in [0, 0.05) is 18.5 Å². The van der Waals surface area contributed by atoms with E-state index >= 15 is 0 Å². The molecule has 0 spiro atoms. The minimum atomic E-state index is -0.386. The molecule has 0 bridgehead atoms. The Balaban J connectivity index is 2.46. The Kier molecular flexibility index (Phi) is 5.77. The van der Waals surface area contributed by atoms with Crippen molar-refractivity contribution in [3.05, 3.63) is 28.0 Å². The van der Waals surface area contributed by atoms with Crippen molar-refractivity contribution in [1.82, 2.24) is 15.6 Å². The zero-order valence-corrected chi connectivity index (χ0v) is 13.1. The second-order valence-electron chi connectivity index (χ2n) is 5.28. The van der Waals surface area contributed by atoms with Gasteiger partial charge in [0.25, 0.3) is 5.91 Å². The van der Waals surface area contributed by atoms with Crippen molar-refractivity contribution in [3.63, 3.8) is 0 Å². The van der Waals surface area contributed by atoms with Crippen molar-refractivity contribution in [2.24, 2.45) is 0 Å². The molecule has 2 amide bonds. The van der Waals surface area contributed by atoms with Crippen LogP contribution in [0.4, 0.5) is 0 Å². The molecule has 2 N–H and O–H groups in total. The zero-order valence-electron chi connectivity index (χ0n) is 11.6. The summed E-state index contributed by atoms with van der Waals surface area (Å²) in [5, 5.41) is 5.67. The number of amides is 2. The van der Waals surface area contributed by atoms with Crippen molar-refractivity contribution < 1.29 is 9.59 Å². The molecule has 7 heteroatoms. The van der Waals surface area contributed by atoms with Gasteiger partial charge in [-0.2, -0.15) is 0 Å². The van der Waals surface area contributed by atoms with Crippen LogP contribution in [0.1, 0.15) is 37.6 Å². The predicted octanol–water partition coefficient (Wildman–Crippen LogP) is 2.42. The Morgan fingerprint density at radius 1 is 1.25 bits per heavy atom. The topological polar surface area (TPSA) is 71.1 Å². The molecule has 1 heterocycles. The van der Waals surface area contributed by atoms with Crippen LogP contribution in [0.5, 0.6) is 0 Å². The van der Waals surface area contributed by atoms with Gasteiger partial charge in [-0.25, -0.2) is 4.98 Å². The molecule has 0 aliphatic carbocycles. The summed E-state index contributed by atoms with van der Waals surface area (Å²) in [4.78, 5) is 27.2. The number of carbonyl (C=O) groups is 2. The molecule has 1 rings (SSSR count). The van der Waals surface area contributed by atoms with Crippen molar-refractivity contribution in [3.8, 4) is 0 Å². The van der Waals surface area contributed by atoms with E-state index in [1.807, 2.05) is 20.8 Å². The number of rotatable bonds is 4. The first-order valence-electron chi connectivity index (χ1n) is 6.10. The fourth-order valence-electron chi connectivity index (χ4n) is 1.45. The smallest absolute Gasteiger partial charge is 0.254 e. The molecule has 110 valence electrons. The predicted molar refractivity (Wildman–Crippen MR) is 79.1 cm³/mol. The van der Waals surface area contributed by atoms with Gasteiger partial charge < -0.3 is 10.6 Å². The van der Waals surface area contributed by atoms with Crippen LogP contribution < -0.4 is 10.6 Å². The number of hydrogen-bond acceptors (Lipinski definition) is 3. The summed E-state index contributed by atoms with van der Waals surface area (Å²) in [6.07, 6.45) is 0.196. The van der Waals surface area contributed by atoms with Crippen LogP contribution in [0.2, 0.25) is 10.3 Å². The molecule has 0 radical (unpaired) electrons. The summed E-state index contributed by atoms with van der Waals surface area (Å²) in [6, 6.07) is 2.97. The number of nitrogens with one attached hydrogen (secondary N) is 2. The zero-order chi connectivity index (χ0) is 15.3. The van der Waals surface area contributed by atoms with Gasteiger partial charge in [0.2, 0.25) is 5.91 Å². The Labute approximate surface area is 128 Å². The lowest BCUT2D eigenvalue weighted by atomic mass is 10.1. The Bertz CT molecular complexity index is 513. The minimum Gasteiger partial charge on any atom is -0.351 e. The second-order valence-corrected chi connectivity index (χ2v) is 6.02. The maximum atomic E-state index is 11.8. The van der Waals surface area contributed by atoms with E-state index < -0.39 is 0 Å².